The van der Waals surface area contributed by atoms with Gasteiger partial charge in [-0.3, -0.25) is 0 Å². The van der Waals surface area contributed by atoms with E-state index in [2.05, 4.69) is 15.0 Å². The number of rotatable bonds is 3. The molecule has 1 aliphatic heterocycles. The molecular weight excluding hydrogens is 228 g/mol. The van der Waals surface area contributed by atoms with Crippen molar-refractivity contribution in [2.45, 2.75) is 6.61 Å². The van der Waals surface area contributed by atoms with Crippen molar-refractivity contribution >= 4 is 11.4 Å². The number of hydrogen-bond donors (Lipinski definition) is 2. The molecule has 0 aromatic heterocycles. The fourth-order valence-corrected chi connectivity index (χ4v) is 1.86. The highest BCUT2D eigenvalue weighted by molar-refractivity contribution is 5.63. The Hall–Kier alpha value is -1.56. The molecule has 0 radical (unpaired) electrons. The Bertz CT molecular complexity index is 381. The number of nitrogens with two attached hydrogens (primary N) is 1. The summed E-state index contributed by atoms with van der Waals surface area (Å²) in [7, 11) is 0. The van der Waals surface area contributed by atoms with Crippen LogP contribution in [0.25, 0.3) is 0 Å². The minimum Gasteiger partial charge on any atom is -0.433 e. The minimum absolute atomic E-state index is 0.0267. The number of nitrogen functional groups attached to an aromatic ring is 1. The van der Waals surface area contributed by atoms with Crippen molar-refractivity contribution in [1.82, 2.24) is 5.32 Å². The Balaban J connectivity index is 2.12. The molecule has 0 unspecified atom stereocenters. The molecule has 94 valence electrons. The van der Waals surface area contributed by atoms with Gasteiger partial charge in [0.05, 0.1) is 5.69 Å². The predicted octanol–water partition coefficient (Wildman–Crippen LogP) is 1.28. The summed E-state index contributed by atoms with van der Waals surface area (Å²) >= 11 is 0. The lowest BCUT2D eigenvalue weighted by Crippen LogP contribution is -2.43. The zero-order valence-corrected chi connectivity index (χ0v) is 9.33. The molecule has 1 saturated heterocycles. The summed E-state index contributed by atoms with van der Waals surface area (Å²) in [5, 5.41) is 3.24. The summed E-state index contributed by atoms with van der Waals surface area (Å²) in [6, 6.07) is 4.90. The van der Waals surface area contributed by atoms with Crippen molar-refractivity contribution in [1.29, 1.82) is 0 Å². The van der Waals surface area contributed by atoms with Gasteiger partial charge < -0.3 is 20.7 Å². The van der Waals surface area contributed by atoms with Gasteiger partial charge in [-0.25, -0.2) is 0 Å². The Morgan fingerprint density at radius 1 is 1.29 bits per heavy atom. The van der Waals surface area contributed by atoms with E-state index in [1.807, 2.05) is 0 Å². The standard InChI is InChI=1S/C11H15F2N3O/c12-11(13)17-10-2-1-8(7-9(10)14)16-5-3-15-4-6-16/h1-2,7,11,15H,3-6,14H2. The van der Waals surface area contributed by atoms with E-state index < -0.39 is 6.61 Å². The summed E-state index contributed by atoms with van der Waals surface area (Å²) in [5.74, 6) is 0.0267. The largest absolute Gasteiger partial charge is 0.433 e. The number of nitrogens with zero attached hydrogens (tertiary/aromatic N) is 1. The molecule has 17 heavy (non-hydrogen) atoms. The molecule has 1 fully saturated rings. The van der Waals surface area contributed by atoms with Crippen molar-refractivity contribution in [3.05, 3.63) is 18.2 Å². The van der Waals surface area contributed by atoms with E-state index >= 15 is 0 Å². The lowest BCUT2D eigenvalue weighted by atomic mass is 10.2. The molecule has 1 aromatic rings. The van der Waals surface area contributed by atoms with E-state index in [9.17, 15) is 8.78 Å². The van der Waals surface area contributed by atoms with Crippen LogP contribution in [0.1, 0.15) is 0 Å². The molecule has 6 heteroatoms. The van der Waals surface area contributed by atoms with Crippen molar-refractivity contribution in [3.8, 4) is 5.75 Å². The summed E-state index contributed by atoms with van der Waals surface area (Å²) in [5.41, 5.74) is 6.85. The number of anilines is 2. The average Bonchev–Trinajstić information content (AvgIpc) is 2.32. The molecule has 0 aliphatic carbocycles. The van der Waals surface area contributed by atoms with Gasteiger partial charge in [-0.1, -0.05) is 0 Å². The number of hydrogen-bond acceptors (Lipinski definition) is 4. The first kappa shape index (κ1) is 11.9. The van der Waals surface area contributed by atoms with Crippen LogP contribution in [-0.4, -0.2) is 32.8 Å². The van der Waals surface area contributed by atoms with Gasteiger partial charge in [0.2, 0.25) is 0 Å². The van der Waals surface area contributed by atoms with Crippen LogP contribution in [0.15, 0.2) is 18.2 Å². The normalized spacial score (nSPS) is 16.3. The van der Waals surface area contributed by atoms with Crippen LogP contribution in [0.3, 0.4) is 0 Å². The molecule has 1 aromatic carbocycles. The Morgan fingerprint density at radius 3 is 2.59 bits per heavy atom. The molecule has 0 saturated carbocycles. The summed E-state index contributed by atoms with van der Waals surface area (Å²) in [6.45, 7) is 0.746. The fourth-order valence-electron chi connectivity index (χ4n) is 1.86. The second-order valence-corrected chi connectivity index (χ2v) is 3.84. The van der Waals surface area contributed by atoms with Crippen LogP contribution in [-0.2, 0) is 0 Å². The van der Waals surface area contributed by atoms with Crippen molar-refractivity contribution < 1.29 is 13.5 Å². The molecule has 1 aliphatic rings. The zero-order chi connectivity index (χ0) is 12.3. The first-order chi connectivity index (χ1) is 8.16. The second-order valence-electron chi connectivity index (χ2n) is 3.84. The highest BCUT2D eigenvalue weighted by Gasteiger charge is 2.13. The van der Waals surface area contributed by atoms with Crippen molar-refractivity contribution in [2.75, 3.05) is 36.8 Å². The molecule has 0 atom stereocenters. The third-order valence-corrected chi connectivity index (χ3v) is 2.69. The monoisotopic (exact) mass is 243 g/mol. The predicted molar refractivity (Wildman–Crippen MR) is 62.6 cm³/mol. The van der Waals surface area contributed by atoms with Crippen LogP contribution >= 0.6 is 0 Å². The summed E-state index contributed by atoms with van der Waals surface area (Å²) in [4.78, 5) is 2.15. The molecule has 4 nitrogen and oxygen atoms in total. The first-order valence-electron chi connectivity index (χ1n) is 5.47. The lowest BCUT2D eigenvalue weighted by Gasteiger charge is -2.29. The highest BCUT2D eigenvalue weighted by atomic mass is 19.3. The van der Waals surface area contributed by atoms with E-state index in [0.29, 0.717) is 0 Å². The van der Waals surface area contributed by atoms with E-state index in [4.69, 9.17) is 5.73 Å². The van der Waals surface area contributed by atoms with Gasteiger partial charge >= 0.3 is 6.61 Å². The highest BCUT2D eigenvalue weighted by Crippen LogP contribution is 2.28. The number of alkyl halides is 2. The quantitative estimate of drug-likeness (QED) is 0.785. The maximum atomic E-state index is 12.1. The first-order valence-corrected chi connectivity index (χ1v) is 5.47. The van der Waals surface area contributed by atoms with E-state index in [-0.39, 0.29) is 11.4 Å². The van der Waals surface area contributed by atoms with E-state index in [1.54, 1.807) is 12.1 Å². The number of benzene rings is 1. The lowest BCUT2D eigenvalue weighted by molar-refractivity contribution is -0.0493. The third-order valence-electron chi connectivity index (χ3n) is 2.69. The Kier molecular flexibility index (Phi) is 3.63. The molecule has 2 rings (SSSR count). The summed E-state index contributed by atoms with van der Waals surface area (Å²) < 4.78 is 28.4. The number of nitrogens with one attached hydrogen (secondary N) is 1. The SMILES string of the molecule is Nc1cc(N2CCNCC2)ccc1OC(F)F. The van der Waals surface area contributed by atoms with E-state index in [0.717, 1.165) is 31.9 Å². The van der Waals surface area contributed by atoms with Crippen LogP contribution < -0.4 is 20.7 Å². The minimum atomic E-state index is -2.85. The molecule has 0 bridgehead atoms. The van der Waals surface area contributed by atoms with Crippen LogP contribution in [0.2, 0.25) is 0 Å². The van der Waals surface area contributed by atoms with Gasteiger partial charge in [0.15, 0.2) is 0 Å². The average molecular weight is 243 g/mol. The second kappa shape index (κ2) is 5.18. The molecule has 0 spiro atoms. The molecule has 3 N–H and O–H groups in total. The van der Waals surface area contributed by atoms with Crippen LogP contribution in [0.4, 0.5) is 20.2 Å². The van der Waals surface area contributed by atoms with Gasteiger partial charge in [0.1, 0.15) is 5.75 Å². The van der Waals surface area contributed by atoms with Gasteiger partial charge in [-0.15, -0.1) is 0 Å². The number of halogens is 2. The van der Waals surface area contributed by atoms with Crippen LogP contribution in [0, 0.1) is 0 Å². The summed E-state index contributed by atoms with van der Waals surface area (Å²) in [6.07, 6.45) is 0. The van der Waals surface area contributed by atoms with Gasteiger partial charge in [-0.2, -0.15) is 8.78 Å². The Morgan fingerprint density at radius 2 is 2.00 bits per heavy atom. The van der Waals surface area contributed by atoms with Gasteiger partial charge in [0, 0.05) is 31.9 Å². The smallest absolute Gasteiger partial charge is 0.387 e. The third kappa shape index (κ3) is 2.97. The van der Waals surface area contributed by atoms with Gasteiger partial charge in [0.25, 0.3) is 0 Å². The van der Waals surface area contributed by atoms with Crippen LogP contribution in [0.5, 0.6) is 5.75 Å². The molecular formula is C11H15F2N3O. The number of piperazine rings is 1. The molecule has 0 amide bonds. The van der Waals surface area contributed by atoms with Crippen molar-refractivity contribution in [3.63, 3.8) is 0 Å². The maximum absolute atomic E-state index is 12.1. The molecule has 1 heterocycles. The van der Waals surface area contributed by atoms with Gasteiger partial charge in [-0.05, 0) is 18.2 Å². The van der Waals surface area contributed by atoms with Crippen molar-refractivity contribution in [2.24, 2.45) is 0 Å². The topological polar surface area (TPSA) is 50.5 Å². The maximum Gasteiger partial charge on any atom is 0.387 e. The van der Waals surface area contributed by atoms with E-state index in [1.165, 1.54) is 6.07 Å². The fraction of sp³-hybridized carbons (Fsp3) is 0.455. The zero-order valence-electron chi connectivity index (χ0n) is 9.33. The Labute approximate surface area is 98.3 Å². The number of ether oxygens (including phenoxy) is 1.